The summed E-state index contributed by atoms with van der Waals surface area (Å²) >= 11 is 0. The second-order valence-corrected chi connectivity index (χ2v) is 10.9. The van der Waals surface area contributed by atoms with Crippen molar-refractivity contribution in [1.29, 1.82) is 0 Å². The van der Waals surface area contributed by atoms with E-state index < -0.39 is 5.60 Å². The zero-order valence-corrected chi connectivity index (χ0v) is 17.4. The summed E-state index contributed by atoms with van der Waals surface area (Å²) in [5.41, 5.74) is -0.128. The maximum Gasteiger partial charge on any atom is 0.133 e. The van der Waals surface area contributed by atoms with Gasteiger partial charge < -0.3 is 9.84 Å². The van der Waals surface area contributed by atoms with Crippen LogP contribution in [0.3, 0.4) is 0 Å². The maximum absolute atomic E-state index is 12.4. The quantitative estimate of drug-likeness (QED) is 0.780. The summed E-state index contributed by atoms with van der Waals surface area (Å²) in [5.74, 6) is 3.23. The molecule has 0 aliphatic heterocycles. The Bertz CT molecular complexity index is 584. The molecule has 1 N–H and O–H groups in total. The van der Waals surface area contributed by atoms with Crippen LogP contribution in [0.25, 0.3) is 0 Å². The molecule has 4 aliphatic rings. The number of hydrogen-bond donors (Lipinski definition) is 1. The number of aliphatic hydroxyl groups is 1. The van der Waals surface area contributed by atoms with Crippen LogP contribution in [0.15, 0.2) is 0 Å². The number of carbonyl (C=O) groups excluding carboxylic acids is 1. The number of Topliss-reactive ketones (excluding diaryl/α,β-unsaturated/α-hetero) is 1. The van der Waals surface area contributed by atoms with E-state index in [2.05, 4.69) is 13.8 Å². The molecule has 3 nitrogen and oxygen atoms in total. The van der Waals surface area contributed by atoms with Crippen LogP contribution in [0, 0.1) is 40.4 Å². The first kappa shape index (κ1) is 18.9. The van der Waals surface area contributed by atoms with Crippen molar-refractivity contribution in [3.8, 4) is 0 Å². The lowest BCUT2D eigenvalue weighted by Crippen LogP contribution is -2.60. The third-order valence-corrected chi connectivity index (χ3v) is 9.80. The fourth-order valence-corrected chi connectivity index (χ4v) is 8.38. The Morgan fingerprint density at radius 2 is 1.77 bits per heavy atom. The molecule has 0 heterocycles. The summed E-state index contributed by atoms with van der Waals surface area (Å²) in [4.78, 5) is 12.4. The van der Waals surface area contributed by atoms with E-state index in [-0.39, 0.29) is 17.4 Å². The Labute approximate surface area is 159 Å². The predicted molar refractivity (Wildman–Crippen MR) is 103 cm³/mol. The van der Waals surface area contributed by atoms with E-state index in [0.29, 0.717) is 29.0 Å². The molecule has 148 valence electrons. The highest BCUT2D eigenvalue weighted by Crippen LogP contribution is 2.68. The van der Waals surface area contributed by atoms with Crippen molar-refractivity contribution < 1.29 is 14.6 Å². The van der Waals surface area contributed by atoms with Crippen molar-refractivity contribution in [2.75, 3.05) is 7.11 Å². The Morgan fingerprint density at radius 3 is 2.42 bits per heavy atom. The lowest BCUT2D eigenvalue weighted by molar-refractivity contribution is -0.188. The van der Waals surface area contributed by atoms with E-state index in [9.17, 15) is 9.90 Å². The third-order valence-electron chi connectivity index (χ3n) is 9.80. The molecular formula is C23H38O3. The first-order valence-corrected chi connectivity index (χ1v) is 10.9. The number of ether oxygens (including phenoxy) is 1. The Kier molecular flexibility index (Phi) is 4.40. The van der Waals surface area contributed by atoms with Crippen molar-refractivity contribution in [3.63, 3.8) is 0 Å². The minimum absolute atomic E-state index is 0.0190. The molecule has 0 aromatic rings. The fraction of sp³-hybridized carbons (Fsp3) is 0.957. The third kappa shape index (κ3) is 2.49. The molecule has 0 aromatic heterocycles. The number of methoxy groups -OCH3 is 1. The molecule has 26 heavy (non-hydrogen) atoms. The minimum atomic E-state index is -0.478. The highest BCUT2D eigenvalue weighted by atomic mass is 16.5. The maximum atomic E-state index is 12.4. The van der Waals surface area contributed by atoms with Crippen LogP contribution < -0.4 is 0 Å². The van der Waals surface area contributed by atoms with Gasteiger partial charge in [0.05, 0.1) is 11.7 Å². The number of fused-ring (bicyclic) bond motifs is 5. The van der Waals surface area contributed by atoms with Crippen LogP contribution >= 0.6 is 0 Å². The van der Waals surface area contributed by atoms with Crippen LogP contribution in [-0.2, 0) is 9.53 Å². The number of rotatable bonds is 2. The topological polar surface area (TPSA) is 46.5 Å². The highest BCUT2D eigenvalue weighted by molar-refractivity contribution is 5.79. The van der Waals surface area contributed by atoms with Crippen LogP contribution in [0.4, 0.5) is 0 Å². The van der Waals surface area contributed by atoms with Crippen molar-refractivity contribution in [1.82, 2.24) is 0 Å². The SMILES string of the molecule is CO[C@H]1CC2[C@@H](CC[C@H]3C[C@](C)(O)CC[C@]23C)[C@@H]2CC[C@@H](C(C)=O)[C@@]12C. The summed E-state index contributed by atoms with van der Waals surface area (Å²) in [6.07, 6.45) is 9.11. The zero-order valence-electron chi connectivity index (χ0n) is 17.4. The van der Waals surface area contributed by atoms with Gasteiger partial charge in [-0.1, -0.05) is 13.8 Å². The molecule has 0 amide bonds. The van der Waals surface area contributed by atoms with Crippen LogP contribution in [0.5, 0.6) is 0 Å². The lowest BCUT2D eigenvalue weighted by Gasteiger charge is -2.63. The molecule has 4 aliphatic carbocycles. The molecule has 4 fully saturated rings. The molecule has 9 atom stereocenters. The van der Waals surface area contributed by atoms with Crippen molar-refractivity contribution in [2.45, 2.75) is 90.8 Å². The Hall–Kier alpha value is -0.410. The van der Waals surface area contributed by atoms with E-state index >= 15 is 0 Å². The van der Waals surface area contributed by atoms with Crippen LogP contribution in [0.2, 0.25) is 0 Å². The summed E-state index contributed by atoms with van der Waals surface area (Å²) in [5, 5.41) is 10.6. The normalized spacial score (nSPS) is 56.4. The zero-order chi connectivity index (χ0) is 18.9. The minimum Gasteiger partial charge on any atom is -0.390 e. The summed E-state index contributed by atoms with van der Waals surface area (Å²) in [7, 11) is 1.86. The first-order chi connectivity index (χ1) is 12.1. The molecule has 4 rings (SSSR count). The summed E-state index contributed by atoms with van der Waals surface area (Å²) in [6.45, 7) is 8.69. The largest absolute Gasteiger partial charge is 0.390 e. The van der Waals surface area contributed by atoms with E-state index in [0.717, 1.165) is 38.0 Å². The predicted octanol–water partition coefficient (Wildman–Crippen LogP) is 4.61. The van der Waals surface area contributed by atoms with E-state index in [1.54, 1.807) is 6.92 Å². The van der Waals surface area contributed by atoms with Gasteiger partial charge in [-0.25, -0.2) is 0 Å². The average molecular weight is 363 g/mol. The van der Waals surface area contributed by atoms with Gasteiger partial charge in [0.2, 0.25) is 0 Å². The summed E-state index contributed by atoms with van der Waals surface area (Å²) in [6, 6.07) is 0. The van der Waals surface area contributed by atoms with Crippen molar-refractivity contribution in [2.24, 2.45) is 40.4 Å². The molecule has 1 unspecified atom stereocenters. The van der Waals surface area contributed by atoms with Crippen LogP contribution in [-0.4, -0.2) is 29.7 Å². The van der Waals surface area contributed by atoms with Crippen molar-refractivity contribution >= 4 is 5.78 Å². The van der Waals surface area contributed by atoms with Gasteiger partial charge in [-0.2, -0.15) is 0 Å². The van der Waals surface area contributed by atoms with Gasteiger partial charge in [0.25, 0.3) is 0 Å². The van der Waals surface area contributed by atoms with Gasteiger partial charge in [0, 0.05) is 18.4 Å². The van der Waals surface area contributed by atoms with Gasteiger partial charge in [0.15, 0.2) is 0 Å². The fourth-order valence-electron chi connectivity index (χ4n) is 8.38. The lowest BCUT2D eigenvalue weighted by atomic mass is 9.43. The Balaban J connectivity index is 1.68. The van der Waals surface area contributed by atoms with Gasteiger partial charge in [0.1, 0.15) is 5.78 Å². The highest BCUT2D eigenvalue weighted by Gasteiger charge is 2.64. The van der Waals surface area contributed by atoms with E-state index in [1.807, 2.05) is 14.0 Å². The van der Waals surface area contributed by atoms with Crippen LogP contribution in [0.1, 0.15) is 79.1 Å². The van der Waals surface area contributed by atoms with Gasteiger partial charge >= 0.3 is 0 Å². The molecule has 0 bridgehead atoms. The van der Waals surface area contributed by atoms with E-state index in [1.165, 1.54) is 19.3 Å². The molecule has 0 saturated heterocycles. The van der Waals surface area contributed by atoms with Gasteiger partial charge in [-0.3, -0.25) is 4.79 Å². The summed E-state index contributed by atoms with van der Waals surface area (Å²) < 4.78 is 6.10. The molecule has 4 saturated carbocycles. The molecule has 3 heteroatoms. The average Bonchev–Trinajstić information content (AvgIpc) is 2.93. The number of ketones is 1. The number of carbonyl (C=O) groups is 1. The Morgan fingerprint density at radius 1 is 1.04 bits per heavy atom. The molecule has 0 radical (unpaired) electrons. The van der Waals surface area contributed by atoms with Gasteiger partial charge in [-0.05, 0) is 94.3 Å². The van der Waals surface area contributed by atoms with E-state index in [4.69, 9.17) is 4.74 Å². The molecule has 0 spiro atoms. The smallest absolute Gasteiger partial charge is 0.133 e. The second-order valence-electron chi connectivity index (χ2n) is 10.9. The monoisotopic (exact) mass is 362 g/mol. The number of hydrogen-bond acceptors (Lipinski definition) is 3. The second kappa shape index (κ2) is 6.04. The molecule has 0 aromatic carbocycles. The van der Waals surface area contributed by atoms with Gasteiger partial charge in [-0.15, -0.1) is 0 Å². The van der Waals surface area contributed by atoms with Crippen molar-refractivity contribution in [3.05, 3.63) is 0 Å². The molecular weight excluding hydrogens is 324 g/mol. The standard InChI is InChI=1S/C23H38O3/c1-14(24)17-8-9-18-16-7-6-15-13-21(2,25)10-11-22(15,3)19(16)12-20(26-5)23(17,18)4/h15-20,25H,6-13H2,1-5H3/t15-,16-,17-,18-,19?,20-,21+,22-,23+/m0/s1. The first-order valence-electron chi connectivity index (χ1n) is 10.9.